The molecule has 1 amide bonds. The number of amides is 1. The van der Waals surface area contributed by atoms with Crippen molar-refractivity contribution < 1.29 is 13.2 Å². The number of sulfone groups is 1. The number of carbonyl (C=O) groups is 1. The van der Waals surface area contributed by atoms with Gasteiger partial charge in [-0.15, -0.1) is 12.3 Å². The SMILES string of the molecule is C#CCC(N)C(=O)NCCS(=O)(=O)CC. The molecule has 0 aromatic heterocycles. The van der Waals surface area contributed by atoms with Crippen molar-refractivity contribution in [3.8, 4) is 12.3 Å². The number of terminal acetylenes is 1. The van der Waals surface area contributed by atoms with Crippen LogP contribution in [0.1, 0.15) is 13.3 Å². The van der Waals surface area contributed by atoms with E-state index in [2.05, 4.69) is 11.2 Å². The molecule has 0 aromatic carbocycles. The summed E-state index contributed by atoms with van der Waals surface area (Å²) in [6.07, 6.45) is 5.13. The van der Waals surface area contributed by atoms with Gasteiger partial charge in [-0.2, -0.15) is 0 Å². The predicted molar refractivity (Wildman–Crippen MR) is 58.8 cm³/mol. The zero-order valence-corrected chi connectivity index (χ0v) is 9.51. The molecule has 86 valence electrons. The minimum Gasteiger partial charge on any atom is -0.354 e. The molecule has 0 aromatic rings. The third kappa shape index (κ3) is 6.10. The molecule has 0 rings (SSSR count). The molecule has 5 nitrogen and oxygen atoms in total. The first kappa shape index (κ1) is 13.9. The van der Waals surface area contributed by atoms with Crippen molar-refractivity contribution >= 4 is 15.7 Å². The van der Waals surface area contributed by atoms with Crippen molar-refractivity contribution in [1.29, 1.82) is 0 Å². The normalized spacial score (nSPS) is 12.9. The second-order valence-corrected chi connectivity index (χ2v) is 5.51. The summed E-state index contributed by atoms with van der Waals surface area (Å²) in [6, 6.07) is -0.765. The molecular weight excluding hydrogens is 216 g/mol. The Morgan fingerprint density at radius 2 is 2.20 bits per heavy atom. The van der Waals surface area contributed by atoms with Gasteiger partial charge in [-0.05, 0) is 0 Å². The first-order valence-electron chi connectivity index (χ1n) is 4.60. The number of carbonyl (C=O) groups excluding carboxylic acids is 1. The number of rotatable bonds is 6. The molecule has 0 aliphatic rings. The molecule has 1 unspecified atom stereocenters. The summed E-state index contributed by atoms with van der Waals surface area (Å²) < 4.78 is 22.1. The Bertz CT molecular complexity index is 343. The van der Waals surface area contributed by atoms with Crippen LogP contribution in [0.3, 0.4) is 0 Å². The summed E-state index contributed by atoms with van der Waals surface area (Å²) >= 11 is 0. The van der Waals surface area contributed by atoms with Gasteiger partial charge < -0.3 is 11.1 Å². The van der Waals surface area contributed by atoms with Crippen LogP contribution >= 0.6 is 0 Å². The lowest BCUT2D eigenvalue weighted by molar-refractivity contribution is -0.122. The topological polar surface area (TPSA) is 89.3 Å². The van der Waals surface area contributed by atoms with Crippen molar-refractivity contribution in [3.05, 3.63) is 0 Å². The zero-order chi connectivity index (χ0) is 11.9. The van der Waals surface area contributed by atoms with Crippen LogP contribution in [-0.4, -0.2) is 38.4 Å². The van der Waals surface area contributed by atoms with Crippen molar-refractivity contribution in [2.24, 2.45) is 5.73 Å². The smallest absolute Gasteiger partial charge is 0.237 e. The monoisotopic (exact) mass is 232 g/mol. The number of hydrogen-bond donors (Lipinski definition) is 2. The Labute approximate surface area is 90.3 Å². The average Bonchev–Trinajstić information content (AvgIpc) is 2.18. The summed E-state index contributed by atoms with van der Waals surface area (Å²) in [4.78, 5) is 11.2. The third-order valence-corrected chi connectivity index (χ3v) is 3.53. The molecule has 0 radical (unpaired) electrons. The molecule has 3 N–H and O–H groups in total. The lowest BCUT2D eigenvalue weighted by atomic mass is 10.2. The molecule has 15 heavy (non-hydrogen) atoms. The maximum atomic E-state index is 11.2. The second-order valence-electron chi connectivity index (χ2n) is 3.04. The van der Waals surface area contributed by atoms with Crippen LogP contribution in [0.15, 0.2) is 0 Å². The Hall–Kier alpha value is -1.06. The average molecular weight is 232 g/mol. The summed E-state index contributed by atoms with van der Waals surface area (Å²) in [7, 11) is -3.05. The van der Waals surface area contributed by atoms with Crippen molar-refractivity contribution in [3.63, 3.8) is 0 Å². The summed E-state index contributed by atoms with van der Waals surface area (Å²) in [5.74, 6) is 1.84. The fraction of sp³-hybridized carbons (Fsp3) is 0.667. The number of hydrogen-bond acceptors (Lipinski definition) is 4. The van der Waals surface area contributed by atoms with Crippen molar-refractivity contribution in [1.82, 2.24) is 5.32 Å². The first-order valence-corrected chi connectivity index (χ1v) is 6.42. The zero-order valence-electron chi connectivity index (χ0n) is 8.69. The highest BCUT2D eigenvalue weighted by molar-refractivity contribution is 7.91. The number of nitrogens with one attached hydrogen (secondary N) is 1. The molecule has 0 heterocycles. The molecule has 0 saturated heterocycles. The van der Waals surface area contributed by atoms with Gasteiger partial charge in [0, 0.05) is 18.7 Å². The molecule has 0 aliphatic heterocycles. The third-order valence-electron chi connectivity index (χ3n) is 1.83. The van der Waals surface area contributed by atoms with E-state index in [9.17, 15) is 13.2 Å². The van der Waals surface area contributed by atoms with Crippen LogP contribution in [0.5, 0.6) is 0 Å². The van der Waals surface area contributed by atoms with E-state index in [0.717, 1.165) is 0 Å². The van der Waals surface area contributed by atoms with E-state index in [4.69, 9.17) is 12.2 Å². The fourth-order valence-corrected chi connectivity index (χ4v) is 1.53. The van der Waals surface area contributed by atoms with E-state index in [-0.39, 0.29) is 24.5 Å². The van der Waals surface area contributed by atoms with E-state index in [1.165, 1.54) is 0 Å². The Morgan fingerprint density at radius 1 is 1.60 bits per heavy atom. The molecule has 0 bridgehead atoms. The van der Waals surface area contributed by atoms with E-state index in [1.54, 1.807) is 6.92 Å². The van der Waals surface area contributed by atoms with Gasteiger partial charge in [-0.25, -0.2) is 8.42 Å². The van der Waals surface area contributed by atoms with Crippen LogP contribution in [0.2, 0.25) is 0 Å². The van der Waals surface area contributed by atoms with Gasteiger partial charge in [0.1, 0.15) is 0 Å². The first-order chi connectivity index (χ1) is 6.93. The lowest BCUT2D eigenvalue weighted by Crippen LogP contribution is -2.42. The van der Waals surface area contributed by atoms with E-state index >= 15 is 0 Å². The summed E-state index contributed by atoms with van der Waals surface area (Å²) in [5.41, 5.74) is 5.41. The van der Waals surface area contributed by atoms with Gasteiger partial charge >= 0.3 is 0 Å². The van der Waals surface area contributed by atoms with Crippen LogP contribution in [0.25, 0.3) is 0 Å². The molecule has 0 aliphatic carbocycles. The maximum Gasteiger partial charge on any atom is 0.237 e. The molecule has 0 fully saturated rings. The van der Waals surface area contributed by atoms with Crippen molar-refractivity contribution in [2.45, 2.75) is 19.4 Å². The van der Waals surface area contributed by atoms with Crippen LogP contribution in [0.4, 0.5) is 0 Å². The van der Waals surface area contributed by atoms with Crippen LogP contribution < -0.4 is 11.1 Å². The van der Waals surface area contributed by atoms with Gasteiger partial charge in [-0.1, -0.05) is 6.92 Å². The Morgan fingerprint density at radius 3 is 2.67 bits per heavy atom. The van der Waals surface area contributed by atoms with Gasteiger partial charge in [-0.3, -0.25) is 4.79 Å². The highest BCUT2D eigenvalue weighted by atomic mass is 32.2. The van der Waals surface area contributed by atoms with Crippen LogP contribution in [0, 0.1) is 12.3 Å². The number of nitrogens with two attached hydrogens (primary N) is 1. The standard InChI is InChI=1S/C9H16N2O3S/c1-3-5-8(10)9(12)11-6-7-15(13,14)4-2/h1,8H,4-7,10H2,2H3,(H,11,12). The maximum absolute atomic E-state index is 11.2. The minimum atomic E-state index is -3.05. The predicted octanol–water partition coefficient (Wildman–Crippen LogP) is -1.11. The Balaban J connectivity index is 3.89. The minimum absolute atomic E-state index is 0.0687. The molecule has 6 heteroatoms. The molecule has 0 spiro atoms. The fourth-order valence-electron chi connectivity index (χ4n) is 0.825. The van der Waals surface area contributed by atoms with E-state index in [0.29, 0.717) is 0 Å². The quantitative estimate of drug-likeness (QED) is 0.568. The highest BCUT2D eigenvalue weighted by Gasteiger charge is 2.13. The molecule has 0 saturated carbocycles. The van der Waals surface area contributed by atoms with Gasteiger partial charge in [0.2, 0.25) is 5.91 Å². The lowest BCUT2D eigenvalue weighted by Gasteiger charge is -2.09. The highest BCUT2D eigenvalue weighted by Crippen LogP contribution is 1.89. The van der Waals surface area contributed by atoms with Crippen molar-refractivity contribution in [2.75, 3.05) is 18.1 Å². The van der Waals surface area contributed by atoms with Gasteiger partial charge in [0.05, 0.1) is 11.8 Å². The Kier molecular flexibility index (Phi) is 5.97. The molecular formula is C9H16N2O3S. The van der Waals surface area contributed by atoms with E-state index in [1.807, 2.05) is 0 Å². The summed E-state index contributed by atoms with van der Waals surface area (Å²) in [5, 5.41) is 2.42. The van der Waals surface area contributed by atoms with Gasteiger partial charge in [0.25, 0.3) is 0 Å². The van der Waals surface area contributed by atoms with E-state index < -0.39 is 21.8 Å². The summed E-state index contributed by atoms with van der Waals surface area (Å²) in [6.45, 7) is 1.63. The second kappa shape index (κ2) is 6.43. The van der Waals surface area contributed by atoms with Crippen LogP contribution in [-0.2, 0) is 14.6 Å². The van der Waals surface area contributed by atoms with Gasteiger partial charge in [0.15, 0.2) is 9.84 Å². The largest absolute Gasteiger partial charge is 0.354 e. The molecule has 1 atom stereocenters.